The minimum Gasteiger partial charge on any atom is -0.375 e. The number of rotatable bonds is 6. The molecule has 1 atom stereocenters. The highest BCUT2D eigenvalue weighted by Crippen LogP contribution is 2.45. The van der Waals surface area contributed by atoms with E-state index in [0.29, 0.717) is 29.3 Å². The number of carbonyl (C=O) groups is 2. The lowest BCUT2D eigenvalue weighted by Crippen LogP contribution is -2.41. The number of halogens is 1. The van der Waals surface area contributed by atoms with Crippen molar-refractivity contribution in [3.8, 4) is 0 Å². The van der Waals surface area contributed by atoms with Crippen LogP contribution in [0, 0.1) is 6.92 Å². The first-order valence-corrected chi connectivity index (χ1v) is 12.9. The van der Waals surface area contributed by atoms with E-state index in [1.807, 2.05) is 55.5 Å². The normalized spacial score (nSPS) is 17.2. The molecule has 4 aromatic carbocycles. The zero-order chi connectivity index (χ0) is 25.6. The zero-order valence-corrected chi connectivity index (χ0v) is 22.2. The number of Topliss-reactive ketones (excluding diaryl/α,β-unsaturated/α-hetero) is 1. The first kappa shape index (κ1) is 24.4. The highest BCUT2D eigenvalue weighted by atomic mass is 79.9. The molecular weight excluding hydrogens is 514 g/mol. The number of carbonyl (C=O) groups excluding carboxylic acids is 2. The number of nitrogens with zero attached hydrogens (tertiary/aromatic N) is 1. The van der Waals surface area contributed by atoms with E-state index in [0.717, 1.165) is 26.4 Å². The van der Waals surface area contributed by atoms with Gasteiger partial charge in [-0.1, -0.05) is 90.4 Å². The third-order valence-electron chi connectivity index (χ3n) is 7.17. The average molecular weight is 542 g/mol. The Morgan fingerprint density at radius 1 is 1.00 bits per heavy atom. The van der Waals surface area contributed by atoms with Crippen molar-refractivity contribution in [3.05, 3.63) is 111 Å². The predicted octanol–water partition coefficient (Wildman–Crippen LogP) is 7.04. The van der Waals surface area contributed by atoms with Gasteiger partial charge in [-0.15, -0.1) is 0 Å². The monoisotopic (exact) mass is 541 g/mol. The van der Waals surface area contributed by atoms with Crippen LogP contribution in [0.15, 0.2) is 83.3 Å². The summed E-state index contributed by atoms with van der Waals surface area (Å²) in [5.74, 6) is -0.385. The average Bonchev–Trinajstić information content (AvgIpc) is 3.05. The van der Waals surface area contributed by atoms with Gasteiger partial charge in [-0.25, -0.2) is 0 Å². The van der Waals surface area contributed by atoms with Gasteiger partial charge in [-0.05, 0) is 58.5 Å². The van der Waals surface area contributed by atoms with Crippen molar-refractivity contribution in [2.45, 2.75) is 45.3 Å². The van der Waals surface area contributed by atoms with Crippen molar-refractivity contribution < 1.29 is 14.7 Å². The van der Waals surface area contributed by atoms with E-state index in [1.165, 1.54) is 5.56 Å². The molecule has 1 amide bonds. The van der Waals surface area contributed by atoms with E-state index in [2.05, 4.69) is 48.0 Å². The molecule has 5 rings (SSSR count). The summed E-state index contributed by atoms with van der Waals surface area (Å²) in [4.78, 5) is 29.0. The SMILES string of the molecule is Cc1ccc(C(C)C)cc1CN1C(=O)[C@@](O)(CC(=O)c2cccc3ccccc23)c2cc(Br)ccc21. The van der Waals surface area contributed by atoms with Crippen molar-refractivity contribution in [2.24, 2.45) is 0 Å². The molecule has 1 aliphatic heterocycles. The van der Waals surface area contributed by atoms with Crippen LogP contribution in [-0.2, 0) is 16.9 Å². The molecule has 36 heavy (non-hydrogen) atoms. The molecular formula is C31H28BrNO3. The summed E-state index contributed by atoms with van der Waals surface area (Å²) >= 11 is 3.48. The number of hydrogen-bond acceptors (Lipinski definition) is 3. The Bertz CT molecular complexity index is 1500. The highest BCUT2D eigenvalue weighted by Gasteiger charge is 2.51. The summed E-state index contributed by atoms with van der Waals surface area (Å²) in [6.07, 6.45) is -0.329. The van der Waals surface area contributed by atoms with Gasteiger partial charge in [0.2, 0.25) is 0 Å². The molecule has 1 heterocycles. The number of amides is 1. The van der Waals surface area contributed by atoms with Gasteiger partial charge in [0.05, 0.1) is 18.7 Å². The molecule has 182 valence electrons. The lowest BCUT2D eigenvalue weighted by molar-refractivity contribution is -0.136. The van der Waals surface area contributed by atoms with Gasteiger partial charge in [-0.3, -0.25) is 9.59 Å². The van der Waals surface area contributed by atoms with Gasteiger partial charge in [0, 0.05) is 15.6 Å². The van der Waals surface area contributed by atoms with Crippen LogP contribution >= 0.6 is 15.9 Å². The smallest absolute Gasteiger partial charge is 0.264 e. The number of fused-ring (bicyclic) bond motifs is 2. The topological polar surface area (TPSA) is 57.6 Å². The lowest BCUT2D eigenvalue weighted by atomic mass is 9.87. The Hall–Kier alpha value is -3.28. The first-order chi connectivity index (χ1) is 17.2. The second-order valence-corrected chi connectivity index (χ2v) is 10.8. The van der Waals surface area contributed by atoms with E-state index in [-0.39, 0.29) is 12.2 Å². The van der Waals surface area contributed by atoms with Crippen LogP contribution in [0.5, 0.6) is 0 Å². The van der Waals surface area contributed by atoms with Gasteiger partial charge >= 0.3 is 0 Å². The van der Waals surface area contributed by atoms with Crippen LogP contribution in [0.25, 0.3) is 10.8 Å². The van der Waals surface area contributed by atoms with Crippen molar-refractivity contribution in [1.29, 1.82) is 0 Å². The summed E-state index contributed by atoms with van der Waals surface area (Å²) in [7, 11) is 0. The Morgan fingerprint density at radius 2 is 1.75 bits per heavy atom. The third kappa shape index (κ3) is 4.16. The van der Waals surface area contributed by atoms with Crippen molar-refractivity contribution in [2.75, 3.05) is 4.90 Å². The maximum Gasteiger partial charge on any atom is 0.264 e. The molecule has 0 fully saturated rings. The fourth-order valence-corrected chi connectivity index (χ4v) is 5.40. The highest BCUT2D eigenvalue weighted by molar-refractivity contribution is 9.10. The molecule has 1 N–H and O–H groups in total. The summed E-state index contributed by atoms with van der Waals surface area (Å²) in [5, 5.41) is 13.6. The zero-order valence-electron chi connectivity index (χ0n) is 20.6. The molecule has 0 aromatic heterocycles. The molecule has 0 saturated heterocycles. The molecule has 0 saturated carbocycles. The van der Waals surface area contributed by atoms with Crippen LogP contribution in [0.4, 0.5) is 5.69 Å². The molecule has 0 aliphatic carbocycles. The Labute approximate surface area is 219 Å². The van der Waals surface area contributed by atoms with Crippen molar-refractivity contribution >= 4 is 44.1 Å². The van der Waals surface area contributed by atoms with E-state index in [1.54, 1.807) is 17.0 Å². The Balaban J connectivity index is 1.54. The quantitative estimate of drug-likeness (QED) is 0.266. The number of benzene rings is 4. The van der Waals surface area contributed by atoms with Gasteiger partial charge in [0.25, 0.3) is 5.91 Å². The summed E-state index contributed by atoms with van der Waals surface area (Å²) in [5.41, 5.74) is 2.93. The summed E-state index contributed by atoms with van der Waals surface area (Å²) in [6, 6.07) is 24.9. The van der Waals surface area contributed by atoms with E-state index >= 15 is 0 Å². The number of aliphatic hydroxyl groups is 1. The molecule has 0 unspecified atom stereocenters. The van der Waals surface area contributed by atoms with Crippen molar-refractivity contribution in [1.82, 2.24) is 0 Å². The molecule has 4 aromatic rings. The van der Waals surface area contributed by atoms with E-state index in [9.17, 15) is 14.7 Å². The van der Waals surface area contributed by atoms with Gasteiger partial charge in [-0.2, -0.15) is 0 Å². The first-order valence-electron chi connectivity index (χ1n) is 12.1. The summed E-state index contributed by atoms with van der Waals surface area (Å²) in [6.45, 7) is 6.63. The van der Waals surface area contributed by atoms with Crippen LogP contribution in [0.1, 0.15) is 58.8 Å². The minimum atomic E-state index is -1.95. The largest absolute Gasteiger partial charge is 0.375 e. The number of hydrogen-bond donors (Lipinski definition) is 1. The molecule has 5 heteroatoms. The standard InChI is InChI=1S/C31H28BrNO3/c1-19(2)22-12-11-20(3)23(15-22)18-33-28-14-13-24(32)16-27(28)31(36,30(33)35)17-29(34)26-10-6-8-21-7-4-5-9-25(21)26/h4-16,19,36H,17-18H2,1-3H3/t31-/m1/s1. The predicted molar refractivity (Wildman–Crippen MR) is 147 cm³/mol. The Morgan fingerprint density at radius 3 is 2.53 bits per heavy atom. The maximum absolute atomic E-state index is 13.9. The van der Waals surface area contributed by atoms with Gasteiger partial charge in [0.1, 0.15) is 0 Å². The molecule has 1 aliphatic rings. The van der Waals surface area contributed by atoms with Gasteiger partial charge < -0.3 is 10.0 Å². The van der Waals surface area contributed by atoms with Crippen LogP contribution in [0.2, 0.25) is 0 Å². The molecule has 0 spiro atoms. The molecule has 0 bridgehead atoms. The van der Waals surface area contributed by atoms with E-state index < -0.39 is 11.5 Å². The lowest BCUT2D eigenvalue weighted by Gasteiger charge is -2.24. The number of ketones is 1. The molecule has 0 radical (unpaired) electrons. The Kier molecular flexibility index (Phi) is 6.31. The fraction of sp³-hybridized carbons (Fsp3) is 0.226. The van der Waals surface area contributed by atoms with Crippen LogP contribution in [0.3, 0.4) is 0 Å². The minimum absolute atomic E-state index is 0.270. The third-order valence-corrected chi connectivity index (χ3v) is 7.66. The van der Waals surface area contributed by atoms with Gasteiger partial charge in [0.15, 0.2) is 11.4 Å². The van der Waals surface area contributed by atoms with Crippen LogP contribution in [-0.4, -0.2) is 16.8 Å². The van der Waals surface area contributed by atoms with Crippen LogP contribution < -0.4 is 4.90 Å². The van der Waals surface area contributed by atoms with Crippen molar-refractivity contribution in [3.63, 3.8) is 0 Å². The second kappa shape index (κ2) is 9.30. The maximum atomic E-state index is 13.9. The number of aryl methyl sites for hydroxylation is 1. The fourth-order valence-electron chi connectivity index (χ4n) is 5.04. The number of anilines is 1. The second-order valence-electron chi connectivity index (χ2n) is 9.88. The summed E-state index contributed by atoms with van der Waals surface area (Å²) < 4.78 is 0.741. The molecule has 4 nitrogen and oxygen atoms in total. The van der Waals surface area contributed by atoms with E-state index in [4.69, 9.17) is 0 Å².